The Morgan fingerprint density at radius 1 is 1.06 bits per heavy atom. The summed E-state index contributed by atoms with van der Waals surface area (Å²) in [6, 6.07) is 20.5. The maximum Gasteiger partial charge on any atom is 0.289 e. The predicted molar refractivity (Wildman–Crippen MR) is 125 cm³/mol. The van der Waals surface area contributed by atoms with Crippen molar-refractivity contribution in [2.75, 3.05) is 20.2 Å². The van der Waals surface area contributed by atoms with Crippen LogP contribution in [0.1, 0.15) is 23.4 Å². The Morgan fingerprint density at radius 3 is 2.61 bits per heavy atom. The number of hydrogen-bond donors (Lipinski definition) is 0. The van der Waals surface area contributed by atoms with E-state index in [-0.39, 0.29) is 17.4 Å². The Kier molecular flexibility index (Phi) is 5.69. The zero-order valence-electron chi connectivity index (χ0n) is 18.4. The van der Waals surface area contributed by atoms with E-state index in [1.807, 2.05) is 53.4 Å². The van der Waals surface area contributed by atoms with Crippen molar-refractivity contribution >= 4 is 16.9 Å². The second-order valence-electron chi connectivity index (χ2n) is 8.33. The number of para-hydroxylation sites is 1. The predicted octanol–water partition coefficient (Wildman–Crippen LogP) is 4.22. The molecule has 2 aromatic carbocycles. The molecule has 1 amide bonds. The normalized spacial score (nSPS) is 14.5. The number of aromatic nitrogens is 2. The molecule has 2 aromatic heterocycles. The van der Waals surface area contributed by atoms with Crippen molar-refractivity contribution < 1.29 is 13.9 Å². The van der Waals surface area contributed by atoms with Gasteiger partial charge in [-0.1, -0.05) is 42.5 Å². The molecular formula is C26H25N3O4. The summed E-state index contributed by atoms with van der Waals surface area (Å²) in [5.41, 5.74) is 2.24. The van der Waals surface area contributed by atoms with E-state index in [0.717, 1.165) is 29.5 Å². The molecule has 0 aliphatic carbocycles. The van der Waals surface area contributed by atoms with Crippen molar-refractivity contribution in [1.29, 1.82) is 0 Å². The van der Waals surface area contributed by atoms with Gasteiger partial charge in [-0.15, -0.1) is 0 Å². The van der Waals surface area contributed by atoms with Crippen LogP contribution in [-0.4, -0.2) is 40.8 Å². The average molecular weight is 444 g/mol. The van der Waals surface area contributed by atoms with Crippen molar-refractivity contribution in [3.05, 3.63) is 82.8 Å². The molecule has 1 aliphatic heterocycles. The summed E-state index contributed by atoms with van der Waals surface area (Å²) in [5.74, 6) is 1.09. The number of likely N-dealkylation sites (tertiary alicyclic amines) is 1. The van der Waals surface area contributed by atoms with Crippen molar-refractivity contribution in [2.24, 2.45) is 5.92 Å². The van der Waals surface area contributed by atoms with Crippen LogP contribution < -0.4 is 10.3 Å². The van der Waals surface area contributed by atoms with Crippen molar-refractivity contribution in [2.45, 2.75) is 19.4 Å². The highest BCUT2D eigenvalue weighted by atomic mass is 16.5. The second kappa shape index (κ2) is 8.94. The number of furan rings is 1. The van der Waals surface area contributed by atoms with Crippen LogP contribution in [0.2, 0.25) is 0 Å². The molecule has 4 aromatic rings. The number of carbonyl (C=O) groups excluding carboxylic acids is 1. The first-order valence-corrected chi connectivity index (χ1v) is 11.1. The van der Waals surface area contributed by atoms with Crippen LogP contribution >= 0.6 is 0 Å². The van der Waals surface area contributed by atoms with Crippen LogP contribution in [0.4, 0.5) is 0 Å². The molecule has 7 heteroatoms. The van der Waals surface area contributed by atoms with Gasteiger partial charge in [-0.3, -0.25) is 9.59 Å². The summed E-state index contributed by atoms with van der Waals surface area (Å²) >= 11 is 0. The summed E-state index contributed by atoms with van der Waals surface area (Å²) in [6.45, 7) is 1.78. The van der Waals surface area contributed by atoms with E-state index >= 15 is 0 Å². The molecule has 168 valence electrons. The lowest BCUT2D eigenvalue weighted by molar-refractivity contribution is 0.0651. The van der Waals surface area contributed by atoms with Crippen LogP contribution in [0.3, 0.4) is 0 Å². The van der Waals surface area contributed by atoms with Gasteiger partial charge in [-0.05, 0) is 37.0 Å². The van der Waals surface area contributed by atoms with E-state index in [9.17, 15) is 9.59 Å². The van der Waals surface area contributed by atoms with Gasteiger partial charge in [0.1, 0.15) is 0 Å². The standard InChI is InChI=1S/C26H25N3O4/c1-32-22-9-5-8-20-16-23(33-25(20)22)26(31)28-14-12-18(13-15-28)17-29-24(30)11-10-21(27-29)19-6-3-2-4-7-19/h2-11,16,18H,12-15,17H2,1H3. The Labute approximate surface area is 191 Å². The molecule has 0 unspecified atom stereocenters. The molecule has 1 aliphatic rings. The number of benzene rings is 2. The van der Waals surface area contributed by atoms with E-state index in [1.165, 1.54) is 0 Å². The van der Waals surface area contributed by atoms with Gasteiger partial charge in [-0.25, -0.2) is 4.68 Å². The molecule has 0 radical (unpaired) electrons. The van der Waals surface area contributed by atoms with Gasteiger partial charge in [0.25, 0.3) is 11.5 Å². The summed E-state index contributed by atoms with van der Waals surface area (Å²) < 4.78 is 12.7. The van der Waals surface area contributed by atoms with Gasteiger partial charge < -0.3 is 14.1 Å². The summed E-state index contributed by atoms with van der Waals surface area (Å²) in [4.78, 5) is 27.2. The number of hydrogen-bond acceptors (Lipinski definition) is 5. The lowest BCUT2D eigenvalue weighted by Crippen LogP contribution is -2.40. The van der Waals surface area contributed by atoms with E-state index in [2.05, 4.69) is 5.10 Å². The molecule has 0 N–H and O–H groups in total. The zero-order chi connectivity index (χ0) is 22.8. The maximum absolute atomic E-state index is 13.0. The van der Waals surface area contributed by atoms with Gasteiger partial charge in [-0.2, -0.15) is 5.10 Å². The van der Waals surface area contributed by atoms with Crippen molar-refractivity contribution in [1.82, 2.24) is 14.7 Å². The molecule has 33 heavy (non-hydrogen) atoms. The smallest absolute Gasteiger partial charge is 0.289 e. The number of fused-ring (bicyclic) bond motifs is 1. The quantitative estimate of drug-likeness (QED) is 0.462. The van der Waals surface area contributed by atoms with E-state index in [0.29, 0.717) is 36.7 Å². The second-order valence-corrected chi connectivity index (χ2v) is 8.33. The Hall–Kier alpha value is -3.87. The fourth-order valence-electron chi connectivity index (χ4n) is 4.36. The van der Waals surface area contributed by atoms with Crippen LogP contribution in [0, 0.1) is 5.92 Å². The number of carbonyl (C=O) groups is 1. The van der Waals surface area contributed by atoms with Gasteiger partial charge >= 0.3 is 0 Å². The van der Waals surface area contributed by atoms with Crippen LogP contribution in [-0.2, 0) is 6.54 Å². The molecular weight excluding hydrogens is 418 g/mol. The molecule has 1 fully saturated rings. The van der Waals surface area contributed by atoms with Crippen molar-refractivity contribution in [3.63, 3.8) is 0 Å². The number of amides is 1. The first kappa shape index (κ1) is 21.0. The molecule has 5 rings (SSSR count). The van der Waals surface area contributed by atoms with Gasteiger partial charge in [0.2, 0.25) is 0 Å². The van der Waals surface area contributed by atoms with Gasteiger partial charge in [0.15, 0.2) is 17.1 Å². The van der Waals surface area contributed by atoms with Crippen LogP contribution in [0.15, 0.2) is 75.9 Å². The van der Waals surface area contributed by atoms with E-state index in [1.54, 1.807) is 30.0 Å². The monoisotopic (exact) mass is 443 g/mol. The highest BCUT2D eigenvalue weighted by Crippen LogP contribution is 2.30. The third-order valence-corrected chi connectivity index (χ3v) is 6.21. The lowest BCUT2D eigenvalue weighted by Gasteiger charge is -2.31. The first-order valence-electron chi connectivity index (χ1n) is 11.1. The molecule has 0 atom stereocenters. The third kappa shape index (κ3) is 4.26. The van der Waals surface area contributed by atoms with Gasteiger partial charge in [0.05, 0.1) is 12.8 Å². The Bertz CT molecular complexity index is 1330. The fourth-order valence-corrected chi connectivity index (χ4v) is 4.36. The number of ether oxygens (including phenoxy) is 1. The van der Waals surface area contributed by atoms with Crippen molar-refractivity contribution in [3.8, 4) is 17.0 Å². The zero-order valence-corrected chi connectivity index (χ0v) is 18.4. The number of piperidine rings is 1. The minimum Gasteiger partial charge on any atom is -0.493 e. The molecule has 0 saturated carbocycles. The molecule has 3 heterocycles. The fraction of sp³-hybridized carbons (Fsp3) is 0.269. The van der Waals surface area contributed by atoms with Crippen LogP contribution in [0.25, 0.3) is 22.2 Å². The molecule has 0 spiro atoms. The molecule has 7 nitrogen and oxygen atoms in total. The first-order chi connectivity index (χ1) is 16.1. The SMILES string of the molecule is COc1cccc2cc(C(=O)N3CCC(Cn4nc(-c5ccccc5)ccc4=O)CC3)oc12. The molecule has 0 bridgehead atoms. The Morgan fingerprint density at radius 2 is 1.85 bits per heavy atom. The summed E-state index contributed by atoms with van der Waals surface area (Å²) in [5, 5.41) is 5.42. The number of methoxy groups -OCH3 is 1. The number of nitrogens with zero attached hydrogens (tertiary/aromatic N) is 3. The minimum atomic E-state index is -0.118. The average Bonchev–Trinajstić information content (AvgIpc) is 3.30. The lowest BCUT2D eigenvalue weighted by atomic mass is 9.96. The topological polar surface area (TPSA) is 77.6 Å². The minimum absolute atomic E-state index is 0.107. The highest BCUT2D eigenvalue weighted by Gasteiger charge is 2.26. The van der Waals surface area contributed by atoms with E-state index < -0.39 is 0 Å². The Balaban J connectivity index is 1.25. The largest absolute Gasteiger partial charge is 0.493 e. The van der Waals surface area contributed by atoms with E-state index in [4.69, 9.17) is 9.15 Å². The number of rotatable bonds is 5. The summed E-state index contributed by atoms with van der Waals surface area (Å²) in [6.07, 6.45) is 1.61. The van der Waals surface area contributed by atoms with Crippen LogP contribution in [0.5, 0.6) is 5.75 Å². The molecule has 1 saturated heterocycles. The van der Waals surface area contributed by atoms with Gasteiger partial charge in [0, 0.05) is 36.7 Å². The highest BCUT2D eigenvalue weighted by molar-refractivity contribution is 5.97. The maximum atomic E-state index is 13.0. The summed E-state index contributed by atoms with van der Waals surface area (Å²) in [7, 11) is 1.58. The third-order valence-electron chi connectivity index (χ3n) is 6.21.